The molecule has 1 heterocycles. The molecule has 6 heteroatoms. The fourth-order valence-corrected chi connectivity index (χ4v) is 4.02. The molecule has 3 N–H and O–H groups in total. The van der Waals surface area contributed by atoms with Crippen molar-refractivity contribution >= 4 is 39.9 Å². The molecule has 0 aromatic heterocycles. The SMILES string of the molecule is O=C(NCC1CCNCC1)c1cc(Cl)ccc1NC(=O)c1cccc2ccccc12. The van der Waals surface area contributed by atoms with Crippen molar-refractivity contribution in [2.75, 3.05) is 25.0 Å². The summed E-state index contributed by atoms with van der Waals surface area (Å²) in [5.41, 5.74) is 1.37. The highest BCUT2D eigenvalue weighted by Gasteiger charge is 2.19. The fourth-order valence-electron chi connectivity index (χ4n) is 3.84. The van der Waals surface area contributed by atoms with Crippen molar-refractivity contribution in [2.45, 2.75) is 12.8 Å². The van der Waals surface area contributed by atoms with Crippen LogP contribution in [-0.2, 0) is 0 Å². The molecule has 0 spiro atoms. The van der Waals surface area contributed by atoms with Crippen LogP contribution < -0.4 is 16.0 Å². The number of carbonyl (C=O) groups excluding carboxylic acids is 2. The zero-order valence-corrected chi connectivity index (χ0v) is 17.3. The van der Waals surface area contributed by atoms with Crippen LogP contribution in [0.5, 0.6) is 0 Å². The predicted molar refractivity (Wildman–Crippen MR) is 121 cm³/mol. The van der Waals surface area contributed by atoms with E-state index in [1.807, 2.05) is 36.4 Å². The molecule has 0 atom stereocenters. The molecule has 1 fully saturated rings. The zero-order chi connectivity index (χ0) is 20.9. The van der Waals surface area contributed by atoms with Gasteiger partial charge in [0.15, 0.2) is 0 Å². The van der Waals surface area contributed by atoms with E-state index >= 15 is 0 Å². The third-order valence-electron chi connectivity index (χ3n) is 5.52. The van der Waals surface area contributed by atoms with Crippen molar-refractivity contribution in [3.63, 3.8) is 0 Å². The molecule has 3 aromatic carbocycles. The molecule has 1 aliphatic heterocycles. The molecule has 3 aromatic rings. The molecule has 30 heavy (non-hydrogen) atoms. The van der Waals surface area contributed by atoms with Gasteiger partial charge in [-0.1, -0.05) is 48.0 Å². The highest BCUT2D eigenvalue weighted by molar-refractivity contribution is 6.31. The fraction of sp³-hybridized carbons (Fsp3) is 0.250. The quantitative estimate of drug-likeness (QED) is 0.569. The van der Waals surface area contributed by atoms with E-state index in [4.69, 9.17) is 11.6 Å². The molecule has 0 saturated carbocycles. The number of carbonyl (C=O) groups is 2. The molecule has 0 unspecified atom stereocenters. The lowest BCUT2D eigenvalue weighted by molar-refractivity contribution is 0.0945. The molecule has 4 rings (SSSR count). The van der Waals surface area contributed by atoms with Gasteiger partial charge in [0.2, 0.25) is 0 Å². The predicted octanol–water partition coefficient (Wildman–Crippen LogP) is 4.47. The normalized spacial score (nSPS) is 14.4. The standard InChI is InChI=1S/C24H24ClN3O2/c25-18-8-9-22(21(14-18)23(29)27-15-16-10-12-26-13-11-16)28-24(30)20-7-3-5-17-4-1-2-6-19(17)20/h1-9,14,16,26H,10-13,15H2,(H,27,29)(H,28,30). The number of benzene rings is 3. The van der Waals surface area contributed by atoms with Gasteiger partial charge in [0.05, 0.1) is 11.3 Å². The highest BCUT2D eigenvalue weighted by atomic mass is 35.5. The minimum atomic E-state index is -0.262. The molecule has 1 saturated heterocycles. The van der Waals surface area contributed by atoms with Crippen molar-refractivity contribution in [1.29, 1.82) is 0 Å². The van der Waals surface area contributed by atoms with Gasteiger partial charge in [-0.05, 0) is 66.9 Å². The van der Waals surface area contributed by atoms with Gasteiger partial charge < -0.3 is 16.0 Å². The van der Waals surface area contributed by atoms with Gasteiger partial charge in [-0.2, -0.15) is 0 Å². The summed E-state index contributed by atoms with van der Waals surface area (Å²) in [4.78, 5) is 25.9. The lowest BCUT2D eigenvalue weighted by atomic mass is 9.98. The topological polar surface area (TPSA) is 70.2 Å². The van der Waals surface area contributed by atoms with Crippen molar-refractivity contribution in [3.05, 3.63) is 76.8 Å². The smallest absolute Gasteiger partial charge is 0.256 e. The maximum absolute atomic E-state index is 13.0. The Labute approximate surface area is 180 Å². The Morgan fingerprint density at radius 3 is 2.53 bits per heavy atom. The summed E-state index contributed by atoms with van der Waals surface area (Å²) in [6, 6.07) is 18.3. The summed E-state index contributed by atoms with van der Waals surface area (Å²) in [5.74, 6) is -0.0334. The van der Waals surface area contributed by atoms with Crippen LogP contribution in [0, 0.1) is 5.92 Å². The summed E-state index contributed by atoms with van der Waals surface area (Å²) in [6.45, 7) is 2.57. The number of piperidine rings is 1. The van der Waals surface area contributed by atoms with Gasteiger partial charge in [-0.15, -0.1) is 0 Å². The summed E-state index contributed by atoms with van der Waals surface area (Å²) in [5, 5.41) is 11.5. The van der Waals surface area contributed by atoms with E-state index in [1.54, 1.807) is 24.3 Å². The number of nitrogens with one attached hydrogen (secondary N) is 3. The minimum absolute atomic E-state index is 0.232. The van der Waals surface area contributed by atoms with Crippen LogP contribution in [-0.4, -0.2) is 31.4 Å². The van der Waals surface area contributed by atoms with Crippen LogP contribution in [0.4, 0.5) is 5.69 Å². The molecule has 2 amide bonds. The first-order valence-electron chi connectivity index (χ1n) is 10.2. The van der Waals surface area contributed by atoms with Crippen molar-refractivity contribution < 1.29 is 9.59 Å². The Bertz CT molecular complexity index is 1070. The van der Waals surface area contributed by atoms with Gasteiger partial charge in [0, 0.05) is 17.1 Å². The number of hydrogen-bond acceptors (Lipinski definition) is 3. The molecule has 5 nitrogen and oxygen atoms in total. The van der Waals surface area contributed by atoms with E-state index in [1.165, 1.54) is 0 Å². The first-order chi connectivity index (χ1) is 14.6. The van der Waals surface area contributed by atoms with Gasteiger partial charge in [-0.3, -0.25) is 9.59 Å². The number of anilines is 1. The van der Waals surface area contributed by atoms with Crippen LogP contribution in [0.2, 0.25) is 5.02 Å². The molecule has 0 bridgehead atoms. The third kappa shape index (κ3) is 4.64. The van der Waals surface area contributed by atoms with Gasteiger partial charge in [0.25, 0.3) is 11.8 Å². The second kappa shape index (κ2) is 9.28. The number of amides is 2. The Morgan fingerprint density at radius 2 is 1.70 bits per heavy atom. The van der Waals surface area contributed by atoms with Crippen LogP contribution >= 0.6 is 11.6 Å². The van der Waals surface area contributed by atoms with E-state index in [-0.39, 0.29) is 11.8 Å². The Morgan fingerprint density at radius 1 is 0.933 bits per heavy atom. The number of hydrogen-bond donors (Lipinski definition) is 3. The van der Waals surface area contributed by atoms with E-state index in [0.717, 1.165) is 36.7 Å². The molecule has 1 aliphatic rings. The largest absolute Gasteiger partial charge is 0.352 e. The average Bonchev–Trinajstić information content (AvgIpc) is 2.79. The van der Waals surface area contributed by atoms with Crippen molar-refractivity contribution in [1.82, 2.24) is 10.6 Å². The van der Waals surface area contributed by atoms with E-state index in [0.29, 0.717) is 34.3 Å². The maximum Gasteiger partial charge on any atom is 0.256 e. The van der Waals surface area contributed by atoms with Gasteiger partial charge in [0.1, 0.15) is 0 Å². The van der Waals surface area contributed by atoms with Crippen LogP contribution in [0.25, 0.3) is 10.8 Å². The van der Waals surface area contributed by atoms with Gasteiger partial charge in [-0.25, -0.2) is 0 Å². The summed E-state index contributed by atoms with van der Waals surface area (Å²) in [7, 11) is 0. The number of rotatable bonds is 5. The summed E-state index contributed by atoms with van der Waals surface area (Å²) >= 11 is 6.14. The third-order valence-corrected chi connectivity index (χ3v) is 5.75. The molecule has 0 radical (unpaired) electrons. The zero-order valence-electron chi connectivity index (χ0n) is 16.6. The first-order valence-corrected chi connectivity index (χ1v) is 10.6. The Balaban J connectivity index is 1.54. The molecule has 0 aliphatic carbocycles. The first kappa shape index (κ1) is 20.4. The lowest BCUT2D eigenvalue weighted by Crippen LogP contribution is -2.36. The summed E-state index contributed by atoms with van der Waals surface area (Å²) < 4.78 is 0. The van der Waals surface area contributed by atoms with Crippen molar-refractivity contribution in [2.24, 2.45) is 5.92 Å². The second-order valence-corrected chi connectivity index (χ2v) is 8.01. The lowest BCUT2D eigenvalue weighted by Gasteiger charge is -2.23. The number of fused-ring (bicyclic) bond motifs is 1. The Hall–Kier alpha value is -2.89. The van der Waals surface area contributed by atoms with E-state index < -0.39 is 0 Å². The Kier molecular flexibility index (Phi) is 6.31. The van der Waals surface area contributed by atoms with Crippen LogP contribution in [0.3, 0.4) is 0 Å². The molecular formula is C24H24ClN3O2. The van der Waals surface area contributed by atoms with Crippen LogP contribution in [0.15, 0.2) is 60.7 Å². The molecule has 154 valence electrons. The van der Waals surface area contributed by atoms with Crippen molar-refractivity contribution in [3.8, 4) is 0 Å². The second-order valence-electron chi connectivity index (χ2n) is 7.57. The summed E-state index contributed by atoms with van der Waals surface area (Å²) in [6.07, 6.45) is 2.08. The van der Waals surface area contributed by atoms with E-state index in [9.17, 15) is 9.59 Å². The maximum atomic E-state index is 13.0. The van der Waals surface area contributed by atoms with Gasteiger partial charge >= 0.3 is 0 Å². The van der Waals surface area contributed by atoms with Crippen LogP contribution in [0.1, 0.15) is 33.6 Å². The minimum Gasteiger partial charge on any atom is -0.352 e. The monoisotopic (exact) mass is 421 g/mol. The average molecular weight is 422 g/mol. The number of halogens is 1. The highest BCUT2D eigenvalue weighted by Crippen LogP contribution is 2.24. The van der Waals surface area contributed by atoms with E-state index in [2.05, 4.69) is 16.0 Å². The molecular weight excluding hydrogens is 398 g/mol.